The van der Waals surface area contributed by atoms with Gasteiger partial charge in [0.05, 0.1) is 16.4 Å². The van der Waals surface area contributed by atoms with Crippen LogP contribution in [0.1, 0.15) is 20.3 Å². The molecule has 1 atom stereocenters. The van der Waals surface area contributed by atoms with Crippen molar-refractivity contribution in [3.8, 4) is 0 Å². The van der Waals surface area contributed by atoms with Gasteiger partial charge in [-0.25, -0.2) is 0 Å². The summed E-state index contributed by atoms with van der Waals surface area (Å²) in [4.78, 5) is 12.4. The Morgan fingerprint density at radius 1 is 1.47 bits per heavy atom. The quantitative estimate of drug-likeness (QED) is 0.790. The summed E-state index contributed by atoms with van der Waals surface area (Å²) < 4.78 is 0. The molecule has 0 saturated heterocycles. The summed E-state index contributed by atoms with van der Waals surface area (Å²) in [5, 5.41) is 13.6. The summed E-state index contributed by atoms with van der Waals surface area (Å²) in [6.07, 6.45) is 0.584. The van der Waals surface area contributed by atoms with Crippen LogP contribution in [0, 0.1) is 0 Å². The van der Waals surface area contributed by atoms with Crippen molar-refractivity contribution in [2.75, 3.05) is 12.3 Å². The van der Waals surface area contributed by atoms with Gasteiger partial charge in [0, 0.05) is 16.5 Å². The second-order valence-electron chi connectivity index (χ2n) is 4.49. The maximum Gasteiger partial charge on any atom is 0.230 e. The fraction of sp³-hybridized carbons (Fsp3) is 0.462. The molecule has 1 rings (SSSR count). The molecule has 2 N–H and O–H groups in total. The van der Waals surface area contributed by atoms with Gasteiger partial charge in [-0.05, 0) is 31.5 Å². The molecule has 0 heterocycles. The molecule has 0 aliphatic carbocycles. The van der Waals surface area contributed by atoms with E-state index in [4.69, 9.17) is 23.2 Å². The molecule has 19 heavy (non-hydrogen) atoms. The number of carbonyl (C=O) groups is 1. The standard InChI is InChI=1S/C13H17Cl2NO2S/c1-3-13(2,18)8-16-12(17)7-19-11-6-9(14)4-5-10(11)15/h4-6,18H,3,7-8H2,1-2H3,(H,16,17). The van der Waals surface area contributed by atoms with E-state index < -0.39 is 5.60 Å². The van der Waals surface area contributed by atoms with Crippen molar-refractivity contribution >= 4 is 40.9 Å². The van der Waals surface area contributed by atoms with Gasteiger partial charge < -0.3 is 10.4 Å². The van der Waals surface area contributed by atoms with E-state index in [-0.39, 0.29) is 18.2 Å². The normalized spacial score (nSPS) is 13.9. The highest BCUT2D eigenvalue weighted by Crippen LogP contribution is 2.29. The highest BCUT2D eigenvalue weighted by atomic mass is 35.5. The van der Waals surface area contributed by atoms with Gasteiger partial charge in [-0.3, -0.25) is 4.79 Å². The number of hydrogen-bond donors (Lipinski definition) is 2. The molecular weight excluding hydrogens is 305 g/mol. The first-order chi connectivity index (χ1) is 8.84. The third kappa shape index (κ3) is 6.04. The zero-order valence-corrected chi connectivity index (χ0v) is 13.2. The molecule has 1 unspecified atom stereocenters. The number of thioether (sulfide) groups is 1. The SMILES string of the molecule is CCC(C)(O)CNC(=O)CSc1cc(Cl)ccc1Cl. The van der Waals surface area contributed by atoms with Crippen molar-refractivity contribution in [1.82, 2.24) is 5.32 Å². The molecule has 0 spiro atoms. The summed E-state index contributed by atoms with van der Waals surface area (Å²) >= 11 is 13.2. The first-order valence-corrected chi connectivity index (χ1v) is 7.65. The van der Waals surface area contributed by atoms with Gasteiger partial charge in [0.15, 0.2) is 0 Å². The highest BCUT2D eigenvalue weighted by Gasteiger charge is 2.18. The predicted molar refractivity (Wildman–Crippen MR) is 81.1 cm³/mol. The first kappa shape index (κ1) is 16.6. The zero-order valence-electron chi connectivity index (χ0n) is 10.9. The van der Waals surface area contributed by atoms with Crippen molar-refractivity contribution in [3.05, 3.63) is 28.2 Å². The lowest BCUT2D eigenvalue weighted by molar-refractivity contribution is -0.119. The van der Waals surface area contributed by atoms with Gasteiger partial charge in [0.1, 0.15) is 0 Å². The number of nitrogens with one attached hydrogen (secondary N) is 1. The Labute approximate surface area is 127 Å². The topological polar surface area (TPSA) is 49.3 Å². The number of benzene rings is 1. The Kier molecular flexibility index (Phi) is 6.47. The second-order valence-corrected chi connectivity index (χ2v) is 6.35. The van der Waals surface area contributed by atoms with Gasteiger partial charge in [0.25, 0.3) is 0 Å². The van der Waals surface area contributed by atoms with E-state index in [0.29, 0.717) is 16.5 Å². The average Bonchev–Trinajstić information content (AvgIpc) is 2.37. The molecule has 3 nitrogen and oxygen atoms in total. The fourth-order valence-electron chi connectivity index (χ4n) is 1.20. The maximum atomic E-state index is 11.7. The number of halogens is 2. The van der Waals surface area contributed by atoms with Crippen LogP contribution in [0.3, 0.4) is 0 Å². The van der Waals surface area contributed by atoms with Crippen LogP contribution in [0.15, 0.2) is 23.1 Å². The number of aliphatic hydroxyl groups is 1. The monoisotopic (exact) mass is 321 g/mol. The predicted octanol–water partition coefficient (Wildman–Crippen LogP) is 3.36. The summed E-state index contributed by atoms with van der Waals surface area (Å²) in [5.41, 5.74) is -0.867. The third-order valence-corrected chi connectivity index (χ3v) is 4.41. The Hall–Kier alpha value is -0.420. The molecule has 1 aromatic carbocycles. The molecule has 0 aliphatic rings. The van der Waals surface area contributed by atoms with Crippen molar-refractivity contribution in [3.63, 3.8) is 0 Å². The van der Waals surface area contributed by atoms with E-state index in [1.165, 1.54) is 11.8 Å². The van der Waals surface area contributed by atoms with E-state index in [2.05, 4.69) is 5.32 Å². The van der Waals surface area contributed by atoms with Crippen LogP contribution in [0.5, 0.6) is 0 Å². The lowest BCUT2D eigenvalue weighted by Gasteiger charge is -2.21. The minimum Gasteiger partial charge on any atom is -0.388 e. The molecule has 0 bridgehead atoms. The molecule has 0 saturated carbocycles. The third-order valence-electron chi connectivity index (χ3n) is 2.68. The largest absolute Gasteiger partial charge is 0.388 e. The van der Waals surface area contributed by atoms with Crippen LogP contribution in [0.4, 0.5) is 0 Å². The second kappa shape index (κ2) is 7.39. The van der Waals surface area contributed by atoms with Crippen LogP contribution in [-0.2, 0) is 4.79 Å². The zero-order chi connectivity index (χ0) is 14.5. The van der Waals surface area contributed by atoms with Crippen molar-refractivity contribution in [1.29, 1.82) is 0 Å². The number of amides is 1. The molecule has 0 radical (unpaired) electrons. The van der Waals surface area contributed by atoms with E-state index in [9.17, 15) is 9.90 Å². The van der Waals surface area contributed by atoms with E-state index in [1.54, 1.807) is 25.1 Å². The smallest absolute Gasteiger partial charge is 0.230 e. The van der Waals surface area contributed by atoms with Crippen molar-refractivity contribution < 1.29 is 9.90 Å². The van der Waals surface area contributed by atoms with E-state index >= 15 is 0 Å². The van der Waals surface area contributed by atoms with Crippen molar-refractivity contribution in [2.45, 2.75) is 30.8 Å². The van der Waals surface area contributed by atoms with Gasteiger partial charge in [0.2, 0.25) is 5.91 Å². The Bertz CT molecular complexity index is 452. The number of carbonyl (C=O) groups excluding carboxylic acids is 1. The molecular formula is C13H17Cl2NO2S. The minimum absolute atomic E-state index is 0.144. The molecule has 1 amide bonds. The van der Waals surface area contributed by atoms with Crippen LogP contribution >= 0.6 is 35.0 Å². The Balaban J connectivity index is 2.44. The summed E-state index contributed by atoms with van der Waals surface area (Å²) in [6.45, 7) is 3.80. The lowest BCUT2D eigenvalue weighted by atomic mass is 10.0. The Morgan fingerprint density at radius 2 is 2.16 bits per heavy atom. The average molecular weight is 322 g/mol. The molecule has 0 aromatic heterocycles. The number of rotatable bonds is 6. The Morgan fingerprint density at radius 3 is 2.79 bits per heavy atom. The van der Waals surface area contributed by atoms with E-state index in [0.717, 1.165) is 4.90 Å². The molecule has 6 heteroatoms. The molecule has 1 aromatic rings. The van der Waals surface area contributed by atoms with Crippen LogP contribution in [0.25, 0.3) is 0 Å². The van der Waals surface area contributed by atoms with Crippen LogP contribution in [0.2, 0.25) is 10.0 Å². The van der Waals surface area contributed by atoms with Gasteiger partial charge in [-0.15, -0.1) is 11.8 Å². The summed E-state index contributed by atoms with van der Waals surface area (Å²) in [5.74, 6) is 0.0922. The summed E-state index contributed by atoms with van der Waals surface area (Å²) in [6, 6.07) is 5.13. The van der Waals surface area contributed by atoms with Gasteiger partial charge in [-0.1, -0.05) is 30.1 Å². The van der Waals surface area contributed by atoms with Gasteiger partial charge in [-0.2, -0.15) is 0 Å². The number of hydrogen-bond acceptors (Lipinski definition) is 3. The van der Waals surface area contributed by atoms with Crippen LogP contribution in [-0.4, -0.2) is 28.9 Å². The highest BCUT2D eigenvalue weighted by molar-refractivity contribution is 8.00. The van der Waals surface area contributed by atoms with E-state index in [1.807, 2.05) is 6.92 Å². The maximum absolute atomic E-state index is 11.7. The van der Waals surface area contributed by atoms with Gasteiger partial charge >= 0.3 is 0 Å². The fourth-order valence-corrected chi connectivity index (χ4v) is 2.52. The molecule has 0 aliphatic heterocycles. The van der Waals surface area contributed by atoms with Crippen molar-refractivity contribution in [2.24, 2.45) is 0 Å². The molecule has 106 valence electrons. The molecule has 0 fully saturated rings. The minimum atomic E-state index is -0.867. The lowest BCUT2D eigenvalue weighted by Crippen LogP contribution is -2.40. The summed E-state index contributed by atoms with van der Waals surface area (Å²) in [7, 11) is 0. The van der Waals surface area contributed by atoms with Crippen LogP contribution < -0.4 is 5.32 Å². The first-order valence-electron chi connectivity index (χ1n) is 5.91.